The van der Waals surface area contributed by atoms with Gasteiger partial charge in [-0.05, 0) is 0 Å². The summed E-state index contributed by atoms with van der Waals surface area (Å²) >= 11 is 0. The van der Waals surface area contributed by atoms with Gasteiger partial charge in [0, 0.05) is 0 Å². The molecule has 1 aromatic rings. The molecule has 0 amide bonds. The van der Waals surface area contributed by atoms with Crippen LogP contribution in [0.5, 0.6) is 0 Å². The van der Waals surface area contributed by atoms with Gasteiger partial charge in [0.1, 0.15) is 0 Å². The van der Waals surface area contributed by atoms with Gasteiger partial charge in [-0.3, -0.25) is 0 Å². The van der Waals surface area contributed by atoms with Crippen molar-refractivity contribution in [2.75, 3.05) is 0 Å². The Morgan fingerprint density at radius 2 is 1.60 bits per heavy atom. The third-order valence-corrected chi connectivity index (χ3v) is 7.11. The van der Waals surface area contributed by atoms with Gasteiger partial charge in [-0.1, -0.05) is 0 Å². The van der Waals surface area contributed by atoms with Crippen LogP contribution >= 0.6 is 0 Å². The molecule has 0 radical (unpaired) electrons. The van der Waals surface area contributed by atoms with Crippen LogP contribution in [-0.2, 0) is 20.3 Å². The van der Waals surface area contributed by atoms with Crippen LogP contribution in [0.15, 0.2) is 24.3 Å². The molecule has 1 saturated carbocycles. The minimum atomic E-state index is -0.345. The Morgan fingerprint density at radius 3 is 2.07 bits per heavy atom. The molecule has 3 rings (SSSR count). The number of carbonyl (C=O) groups is 1. The summed E-state index contributed by atoms with van der Waals surface area (Å²) in [6.07, 6.45) is 5.68. The molecule has 1 aromatic carbocycles. The number of carbonyl (C=O) groups excluding carboxylic acids is 1. The third kappa shape index (κ3) is 4.90. The van der Waals surface area contributed by atoms with E-state index in [4.69, 9.17) is 10.4 Å². The molecule has 1 fully saturated rings. The van der Waals surface area contributed by atoms with Gasteiger partial charge in [-0.15, -0.1) is 0 Å². The van der Waals surface area contributed by atoms with Crippen LogP contribution in [0.2, 0.25) is 0 Å². The van der Waals surface area contributed by atoms with E-state index in [-0.39, 0.29) is 27.9 Å². The zero-order valence-electron chi connectivity index (χ0n) is 20.1. The average molecular weight is 409 g/mol. The fourth-order valence-corrected chi connectivity index (χ4v) is 5.79. The minimum absolute atomic E-state index is 0.0290. The van der Waals surface area contributed by atoms with Crippen molar-refractivity contribution in [3.05, 3.63) is 35.4 Å². The van der Waals surface area contributed by atoms with E-state index >= 15 is 0 Å². The van der Waals surface area contributed by atoms with E-state index < -0.39 is 0 Å². The van der Waals surface area contributed by atoms with Gasteiger partial charge in [0.15, 0.2) is 0 Å². The van der Waals surface area contributed by atoms with Gasteiger partial charge in [0.2, 0.25) is 0 Å². The summed E-state index contributed by atoms with van der Waals surface area (Å²) in [5, 5.41) is 0. The Bertz CT molecular complexity index is 816. The summed E-state index contributed by atoms with van der Waals surface area (Å²) in [5.41, 5.74) is 9.56. The molecule has 0 bridgehead atoms. The molecule has 1 aliphatic heterocycles. The summed E-state index contributed by atoms with van der Waals surface area (Å²) in [6.45, 7) is 15.4. The predicted octanol–water partition coefficient (Wildman–Crippen LogP) is 5.10. The van der Waals surface area contributed by atoms with Crippen LogP contribution in [0.25, 0.3) is 0 Å². The van der Waals surface area contributed by atoms with Gasteiger partial charge in [0.05, 0.1) is 0 Å². The Morgan fingerprint density at radius 1 is 1.03 bits per heavy atom. The molecule has 1 aliphatic carbocycles. The molecule has 2 N–H and O–H groups in total. The molecule has 3 nitrogen and oxygen atoms in total. The Kier molecular flexibility index (Phi) is 6.15. The zero-order chi connectivity index (χ0) is 22.4. The normalized spacial score (nSPS) is 25.1. The van der Waals surface area contributed by atoms with Gasteiger partial charge >= 0.3 is 184 Å². The Balaban J connectivity index is 1.74. The van der Waals surface area contributed by atoms with E-state index in [0.717, 1.165) is 38.5 Å². The topological polar surface area (TPSA) is 52.3 Å². The molecule has 30 heavy (non-hydrogen) atoms. The summed E-state index contributed by atoms with van der Waals surface area (Å²) in [6, 6.07) is 9.04. The van der Waals surface area contributed by atoms with Crippen molar-refractivity contribution in [2.24, 2.45) is 11.7 Å². The van der Waals surface area contributed by atoms with Gasteiger partial charge < -0.3 is 0 Å². The summed E-state index contributed by atoms with van der Waals surface area (Å²) in [7, 11) is 1.85. The van der Waals surface area contributed by atoms with Crippen molar-refractivity contribution in [1.29, 1.82) is 0 Å². The molecule has 164 valence electrons. The quantitative estimate of drug-likeness (QED) is 0.638. The second-order valence-electron chi connectivity index (χ2n) is 11.9. The van der Waals surface area contributed by atoms with Crippen molar-refractivity contribution in [3.8, 4) is 0 Å². The van der Waals surface area contributed by atoms with Gasteiger partial charge in [-0.25, -0.2) is 0 Å². The monoisotopic (exact) mass is 409 g/mol. The summed E-state index contributed by atoms with van der Waals surface area (Å²) < 4.78 is 5.99. The SMILES string of the molecule is CC(C)(N)CC(C)(C)c1ccc(C(C)(C)CC2(C)OB=C2C2CCCCC2=O)cc1. The van der Waals surface area contributed by atoms with Gasteiger partial charge in [-0.2, -0.15) is 0 Å². The standard InChI is InChI=1S/C26H40BNO2/c1-23(2,16-25(5,6)28)18-12-14-19(15-13-18)24(3,4)17-26(7)22(27-30-26)20-10-8-9-11-21(20)29/h12-15,20H,8-11,16-17,28H2,1-7H3. The second-order valence-corrected chi connectivity index (χ2v) is 11.9. The number of Topliss-reactive ketones (excluding diaryl/α,β-unsaturated/α-hetero) is 1. The molecule has 0 aromatic heterocycles. The average Bonchev–Trinajstić information content (AvgIpc) is 2.60. The molecule has 4 heteroatoms. The van der Waals surface area contributed by atoms with E-state index in [1.807, 2.05) is 7.12 Å². The molecular formula is C26H40BNO2. The molecular weight excluding hydrogens is 369 g/mol. The van der Waals surface area contributed by atoms with Crippen LogP contribution in [0.4, 0.5) is 0 Å². The van der Waals surface area contributed by atoms with E-state index in [2.05, 4.69) is 72.7 Å². The van der Waals surface area contributed by atoms with E-state index in [0.29, 0.717) is 5.78 Å². The van der Waals surface area contributed by atoms with E-state index in [1.165, 1.54) is 16.6 Å². The van der Waals surface area contributed by atoms with Crippen LogP contribution in [0.1, 0.15) is 98.1 Å². The first-order valence-corrected chi connectivity index (χ1v) is 11.5. The van der Waals surface area contributed by atoms with Crippen molar-refractivity contribution in [2.45, 2.75) is 109 Å². The number of hydrogen-bond acceptors (Lipinski definition) is 3. The molecule has 2 unspecified atom stereocenters. The Labute approximate surface area is 184 Å². The van der Waals surface area contributed by atoms with Crippen LogP contribution in [-0.4, -0.2) is 29.5 Å². The number of benzene rings is 1. The first-order chi connectivity index (χ1) is 13.7. The van der Waals surface area contributed by atoms with Gasteiger partial charge in [0.25, 0.3) is 0 Å². The number of ketones is 1. The molecule has 2 atom stereocenters. The van der Waals surface area contributed by atoms with Crippen LogP contribution < -0.4 is 5.73 Å². The first kappa shape index (κ1) is 23.3. The summed E-state index contributed by atoms with van der Waals surface area (Å²) in [4.78, 5) is 12.5. The number of rotatable bonds is 7. The third-order valence-electron chi connectivity index (χ3n) is 7.11. The fourth-order valence-electron chi connectivity index (χ4n) is 5.79. The number of nitrogens with two attached hydrogens (primary N) is 1. The molecule has 2 aliphatic rings. The van der Waals surface area contributed by atoms with E-state index in [9.17, 15) is 4.79 Å². The van der Waals surface area contributed by atoms with E-state index in [1.54, 1.807) is 0 Å². The van der Waals surface area contributed by atoms with Crippen molar-refractivity contribution in [3.63, 3.8) is 0 Å². The fraction of sp³-hybridized carbons (Fsp3) is 0.692. The zero-order valence-corrected chi connectivity index (χ0v) is 20.1. The molecule has 1 heterocycles. The second kappa shape index (κ2) is 7.93. The maximum atomic E-state index is 12.5. The first-order valence-electron chi connectivity index (χ1n) is 11.5. The van der Waals surface area contributed by atoms with Crippen molar-refractivity contribution < 1.29 is 9.45 Å². The van der Waals surface area contributed by atoms with Crippen LogP contribution in [0, 0.1) is 5.92 Å². The van der Waals surface area contributed by atoms with Crippen LogP contribution in [0.3, 0.4) is 0 Å². The number of hydrogen-bond donors (Lipinski definition) is 1. The summed E-state index contributed by atoms with van der Waals surface area (Å²) in [5.74, 6) is 0.463. The molecule has 0 spiro atoms. The predicted molar refractivity (Wildman–Crippen MR) is 127 cm³/mol. The molecule has 0 saturated heterocycles. The van der Waals surface area contributed by atoms with Crippen molar-refractivity contribution >= 4 is 18.4 Å². The Hall–Kier alpha value is -1.42. The maximum absolute atomic E-state index is 12.5. The van der Waals surface area contributed by atoms with Crippen molar-refractivity contribution in [1.82, 2.24) is 0 Å².